The predicted octanol–water partition coefficient (Wildman–Crippen LogP) is 13.6. The van der Waals surface area contributed by atoms with Crippen molar-refractivity contribution in [1.29, 1.82) is 0 Å². The van der Waals surface area contributed by atoms with Crippen LogP contribution in [0.15, 0.2) is 0 Å². The van der Waals surface area contributed by atoms with Crippen molar-refractivity contribution >= 4 is 16.6 Å². The van der Waals surface area contributed by atoms with Gasteiger partial charge in [-0.15, -0.1) is 0 Å². The smallest absolute Gasteiger partial charge is 0.184 e. The Hall–Kier alpha value is 0.354. The molecule has 0 fully saturated rings. The third-order valence-corrected chi connectivity index (χ3v) is 10.2. The first-order valence-electron chi connectivity index (χ1n) is 18.5. The van der Waals surface area contributed by atoms with E-state index < -0.39 is 16.6 Å². The summed E-state index contributed by atoms with van der Waals surface area (Å²) in [7, 11) is -2.74. The molecule has 0 saturated heterocycles. The van der Waals surface area contributed by atoms with Gasteiger partial charge in [-0.2, -0.15) is 0 Å². The highest BCUT2D eigenvalue weighted by Gasteiger charge is 2.20. The van der Waals surface area contributed by atoms with Crippen LogP contribution in [-0.2, 0) is 8.85 Å². The van der Waals surface area contributed by atoms with E-state index >= 15 is 0 Å². The van der Waals surface area contributed by atoms with Gasteiger partial charge in [-0.25, -0.2) is 0 Å². The van der Waals surface area contributed by atoms with Crippen LogP contribution in [-0.4, -0.2) is 29.3 Å². The quantitative estimate of drug-likeness (QED) is 0.0566. The Morgan fingerprint density at radius 2 is 0.675 bits per heavy atom. The van der Waals surface area contributed by atoms with E-state index in [0.29, 0.717) is 6.10 Å². The highest BCUT2D eigenvalue weighted by molar-refractivity contribution is 6.70. The molecule has 1 unspecified atom stereocenters. The van der Waals surface area contributed by atoms with E-state index in [1.807, 2.05) is 0 Å². The second-order valence-corrected chi connectivity index (χ2v) is 23.8. The molecule has 0 aliphatic heterocycles. The minimum absolute atomic E-state index is 0.529. The van der Waals surface area contributed by atoms with Gasteiger partial charge in [0.15, 0.2) is 16.6 Å². The summed E-state index contributed by atoms with van der Waals surface area (Å²) < 4.78 is 12.6. The lowest BCUT2D eigenvalue weighted by Gasteiger charge is -2.26. The maximum Gasteiger partial charge on any atom is 0.184 e. The summed E-state index contributed by atoms with van der Waals surface area (Å²) in [4.78, 5) is 0. The summed E-state index contributed by atoms with van der Waals surface area (Å²) in [6, 6.07) is 0. The molecule has 2 nitrogen and oxygen atoms in total. The minimum Gasteiger partial charge on any atom is -0.418 e. The summed E-state index contributed by atoms with van der Waals surface area (Å²) in [6.45, 7) is 17.3. The molecule has 0 rings (SSSR count). The molecule has 0 saturated carbocycles. The van der Waals surface area contributed by atoms with E-state index in [-0.39, 0.29) is 0 Å². The molecule has 0 spiro atoms. The van der Waals surface area contributed by atoms with Gasteiger partial charge < -0.3 is 8.85 Å². The summed E-state index contributed by atoms with van der Waals surface area (Å²) in [5.41, 5.74) is 0. The molecule has 0 aromatic carbocycles. The zero-order chi connectivity index (χ0) is 29.8. The lowest BCUT2D eigenvalue weighted by atomic mass is 10.0. The van der Waals surface area contributed by atoms with Gasteiger partial charge in [0.25, 0.3) is 0 Å². The molecule has 0 aromatic rings. The fourth-order valence-corrected chi connectivity index (χ4v) is 7.76. The normalized spacial score (nSPS) is 13.3. The van der Waals surface area contributed by atoms with E-state index in [1.54, 1.807) is 0 Å². The first kappa shape index (κ1) is 40.4. The number of hydrogen-bond donors (Lipinski definition) is 0. The van der Waals surface area contributed by atoms with Gasteiger partial charge in [0, 0.05) is 12.7 Å². The van der Waals surface area contributed by atoms with Crippen molar-refractivity contribution < 1.29 is 8.85 Å². The maximum absolute atomic E-state index is 6.61. The number of hydrogen-bond acceptors (Lipinski definition) is 2. The molecule has 0 radical (unpaired) electrons. The van der Waals surface area contributed by atoms with E-state index in [1.165, 1.54) is 173 Å². The van der Waals surface area contributed by atoms with E-state index in [4.69, 9.17) is 8.85 Å². The molecule has 0 aliphatic rings. The van der Waals surface area contributed by atoms with Crippen LogP contribution in [0.25, 0.3) is 0 Å². The van der Waals surface area contributed by atoms with Crippen LogP contribution in [0.3, 0.4) is 0 Å². The van der Waals surface area contributed by atoms with Crippen molar-refractivity contribution in [3.05, 3.63) is 0 Å². The highest BCUT2D eigenvalue weighted by atomic mass is 28.4. The maximum atomic E-state index is 6.61. The van der Waals surface area contributed by atoms with Gasteiger partial charge in [0.05, 0.1) is 0 Å². The summed E-state index contributed by atoms with van der Waals surface area (Å²) >= 11 is 0. The van der Waals surface area contributed by atoms with E-state index in [0.717, 1.165) is 6.61 Å². The number of unbranched alkanes of at least 4 members (excludes halogenated alkanes) is 23. The molecule has 4 heteroatoms. The van der Waals surface area contributed by atoms with Crippen molar-refractivity contribution in [3.63, 3.8) is 0 Å². The van der Waals surface area contributed by atoms with Crippen LogP contribution in [0.2, 0.25) is 39.3 Å². The third-order valence-electron chi connectivity index (χ3n) is 8.11. The number of rotatable bonds is 32. The molecule has 0 aromatic heterocycles. The molecule has 242 valence electrons. The van der Waals surface area contributed by atoms with Gasteiger partial charge in [-0.1, -0.05) is 161 Å². The van der Waals surface area contributed by atoms with Gasteiger partial charge in [-0.3, -0.25) is 0 Å². The standard InChI is InChI=1S/C36H78O2Si2/c1-8-9-10-11-12-13-14-15-18-21-24-27-30-33-36(38-40(5,6)7)34-31-28-25-22-19-16-17-20-23-26-29-32-35-37-39(2,3)4/h36H,8-35H2,1-7H3. The van der Waals surface area contributed by atoms with Gasteiger partial charge in [-0.05, 0) is 58.5 Å². The SMILES string of the molecule is CCCCCCCCCCCCCCCC(CCCCCCCCCCCCCCO[Si](C)(C)C)O[Si](C)(C)C. The van der Waals surface area contributed by atoms with Crippen LogP contribution in [0.1, 0.15) is 180 Å². The molecular weight excluding hydrogens is 521 g/mol. The molecule has 40 heavy (non-hydrogen) atoms. The first-order chi connectivity index (χ1) is 19.1. The highest BCUT2D eigenvalue weighted by Crippen LogP contribution is 2.21. The van der Waals surface area contributed by atoms with E-state index in [9.17, 15) is 0 Å². The molecule has 0 N–H and O–H groups in total. The molecule has 0 amide bonds. The Kier molecular flexibility index (Phi) is 28.4. The summed E-state index contributed by atoms with van der Waals surface area (Å²) in [5.74, 6) is 0. The largest absolute Gasteiger partial charge is 0.418 e. The van der Waals surface area contributed by atoms with Crippen LogP contribution >= 0.6 is 0 Å². The molecular formula is C36H78O2Si2. The zero-order valence-electron chi connectivity index (χ0n) is 29.2. The van der Waals surface area contributed by atoms with Crippen molar-refractivity contribution in [2.24, 2.45) is 0 Å². The van der Waals surface area contributed by atoms with Crippen LogP contribution < -0.4 is 0 Å². The van der Waals surface area contributed by atoms with Gasteiger partial charge in [0.2, 0.25) is 0 Å². The zero-order valence-corrected chi connectivity index (χ0v) is 31.2. The monoisotopic (exact) mass is 599 g/mol. The minimum atomic E-state index is -1.44. The molecule has 0 aliphatic carbocycles. The second kappa shape index (κ2) is 28.1. The Morgan fingerprint density at radius 1 is 0.375 bits per heavy atom. The summed E-state index contributed by atoms with van der Waals surface area (Å²) in [5, 5.41) is 0. The molecule has 1 atom stereocenters. The molecule has 0 bridgehead atoms. The first-order valence-corrected chi connectivity index (χ1v) is 25.3. The Bertz CT molecular complexity index is 498. The van der Waals surface area contributed by atoms with Crippen LogP contribution in [0, 0.1) is 0 Å². The Labute approximate surface area is 257 Å². The average molecular weight is 599 g/mol. The van der Waals surface area contributed by atoms with Gasteiger partial charge in [0.1, 0.15) is 0 Å². The topological polar surface area (TPSA) is 18.5 Å². The van der Waals surface area contributed by atoms with Crippen molar-refractivity contribution in [1.82, 2.24) is 0 Å². The third kappa shape index (κ3) is 34.6. The van der Waals surface area contributed by atoms with Crippen LogP contribution in [0.5, 0.6) is 0 Å². The molecule has 0 heterocycles. The van der Waals surface area contributed by atoms with Crippen LogP contribution in [0.4, 0.5) is 0 Å². The Balaban J connectivity index is 3.61. The second-order valence-electron chi connectivity index (χ2n) is 14.9. The fourth-order valence-electron chi connectivity index (χ4n) is 5.77. The summed E-state index contributed by atoms with van der Waals surface area (Å²) in [6.07, 6.45) is 38.7. The van der Waals surface area contributed by atoms with Crippen molar-refractivity contribution in [2.75, 3.05) is 6.61 Å². The van der Waals surface area contributed by atoms with Crippen molar-refractivity contribution in [2.45, 2.75) is 226 Å². The lowest BCUT2D eigenvalue weighted by molar-refractivity contribution is 0.165. The Morgan fingerprint density at radius 3 is 0.975 bits per heavy atom. The predicted molar refractivity (Wildman–Crippen MR) is 188 cm³/mol. The van der Waals surface area contributed by atoms with Gasteiger partial charge >= 0.3 is 0 Å². The van der Waals surface area contributed by atoms with Crippen molar-refractivity contribution in [3.8, 4) is 0 Å². The van der Waals surface area contributed by atoms with E-state index in [2.05, 4.69) is 46.2 Å². The average Bonchev–Trinajstić information content (AvgIpc) is 2.87. The fraction of sp³-hybridized carbons (Fsp3) is 1.00. The lowest BCUT2D eigenvalue weighted by Crippen LogP contribution is -2.32.